The fourth-order valence-corrected chi connectivity index (χ4v) is 3.89. The number of benzene rings is 2. The predicted octanol–water partition coefficient (Wildman–Crippen LogP) is 5.72. The first kappa shape index (κ1) is 21.1. The molecule has 0 spiro atoms. The first-order chi connectivity index (χ1) is 14.9. The molecule has 0 radical (unpaired) electrons. The standard InChI is InChI=1S/C25H29N3O3/c1-17(2)28(30)25(29)27-15-13-21(14-16-27)24-26-22(19-11-9-18(3)10-12-19)23(31-24)20-7-5-4-6-8-20/h4-12,17,21,30H,13-16H2,1-3H3. The summed E-state index contributed by atoms with van der Waals surface area (Å²) in [5, 5.41) is 10.8. The van der Waals surface area contributed by atoms with Crippen LogP contribution in [0, 0.1) is 6.92 Å². The summed E-state index contributed by atoms with van der Waals surface area (Å²) in [6.45, 7) is 6.77. The number of rotatable bonds is 4. The van der Waals surface area contributed by atoms with Crippen LogP contribution < -0.4 is 0 Å². The number of amides is 2. The monoisotopic (exact) mass is 419 g/mol. The maximum atomic E-state index is 12.4. The van der Waals surface area contributed by atoms with E-state index in [1.54, 1.807) is 18.7 Å². The molecule has 1 aliphatic rings. The smallest absolute Gasteiger partial charge is 0.343 e. The van der Waals surface area contributed by atoms with E-state index in [0.717, 1.165) is 40.5 Å². The maximum Gasteiger partial charge on any atom is 0.343 e. The van der Waals surface area contributed by atoms with Crippen molar-refractivity contribution in [1.29, 1.82) is 0 Å². The molecule has 3 aromatic rings. The first-order valence-corrected chi connectivity index (χ1v) is 10.8. The van der Waals surface area contributed by atoms with Crippen molar-refractivity contribution in [2.24, 2.45) is 0 Å². The molecule has 2 amide bonds. The summed E-state index contributed by atoms with van der Waals surface area (Å²) in [7, 11) is 0. The van der Waals surface area contributed by atoms with E-state index in [9.17, 15) is 10.0 Å². The van der Waals surface area contributed by atoms with Crippen molar-refractivity contribution in [1.82, 2.24) is 14.9 Å². The van der Waals surface area contributed by atoms with E-state index in [1.807, 2.05) is 30.3 Å². The third-order valence-corrected chi connectivity index (χ3v) is 5.80. The summed E-state index contributed by atoms with van der Waals surface area (Å²) in [6.07, 6.45) is 1.50. The Morgan fingerprint density at radius 1 is 1.06 bits per heavy atom. The largest absolute Gasteiger partial charge is 0.440 e. The fourth-order valence-electron chi connectivity index (χ4n) is 3.89. The van der Waals surface area contributed by atoms with Gasteiger partial charge in [-0.15, -0.1) is 0 Å². The number of oxazole rings is 1. The highest BCUT2D eigenvalue weighted by Gasteiger charge is 2.31. The van der Waals surface area contributed by atoms with Gasteiger partial charge in [-0.2, -0.15) is 0 Å². The van der Waals surface area contributed by atoms with E-state index in [1.165, 1.54) is 5.56 Å². The number of hydrogen-bond donors (Lipinski definition) is 1. The lowest BCUT2D eigenvalue weighted by atomic mass is 9.97. The van der Waals surface area contributed by atoms with E-state index < -0.39 is 0 Å². The van der Waals surface area contributed by atoms with Crippen LogP contribution in [0.15, 0.2) is 59.0 Å². The summed E-state index contributed by atoms with van der Waals surface area (Å²) in [6, 6.07) is 17.8. The fraction of sp³-hybridized carbons (Fsp3) is 0.360. The normalized spacial score (nSPS) is 14.8. The van der Waals surface area contributed by atoms with E-state index >= 15 is 0 Å². The van der Waals surface area contributed by atoms with Crippen LogP contribution >= 0.6 is 0 Å². The minimum Gasteiger partial charge on any atom is -0.440 e. The van der Waals surface area contributed by atoms with Gasteiger partial charge in [0.2, 0.25) is 0 Å². The highest BCUT2D eigenvalue weighted by Crippen LogP contribution is 2.37. The number of piperidine rings is 1. The van der Waals surface area contributed by atoms with E-state index in [4.69, 9.17) is 9.40 Å². The minimum absolute atomic E-state index is 0.136. The van der Waals surface area contributed by atoms with Gasteiger partial charge in [-0.05, 0) is 33.6 Å². The van der Waals surface area contributed by atoms with Crippen LogP contribution in [0.25, 0.3) is 22.6 Å². The predicted molar refractivity (Wildman–Crippen MR) is 120 cm³/mol. The average molecular weight is 420 g/mol. The second-order valence-electron chi connectivity index (χ2n) is 8.44. The van der Waals surface area contributed by atoms with Gasteiger partial charge in [0.05, 0.1) is 6.04 Å². The number of carbonyl (C=O) groups is 1. The molecule has 1 N–H and O–H groups in total. The summed E-state index contributed by atoms with van der Waals surface area (Å²) in [4.78, 5) is 19.0. The van der Waals surface area contributed by atoms with Crippen molar-refractivity contribution in [2.75, 3.05) is 13.1 Å². The summed E-state index contributed by atoms with van der Waals surface area (Å²) >= 11 is 0. The zero-order chi connectivity index (χ0) is 22.0. The van der Waals surface area contributed by atoms with Crippen molar-refractivity contribution in [3.05, 3.63) is 66.1 Å². The molecule has 2 heterocycles. The minimum atomic E-state index is -0.342. The zero-order valence-corrected chi connectivity index (χ0v) is 18.3. The zero-order valence-electron chi connectivity index (χ0n) is 18.3. The summed E-state index contributed by atoms with van der Waals surface area (Å²) in [5.74, 6) is 1.63. The Balaban J connectivity index is 1.59. The highest BCUT2D eigenvalue weighted by molar-refractivity contribution is 5.77. The van der Waals surface area contributed by atoms with Crippen LogP contribution in [0.5, 0.6) is 0 Å². The molecule has 0 aliphatic carbocycles. The van der Waals surface area contributed by atoms with E-state index in [2.05, 4.69) is 31.2 Å². The van der Waals surface area contributed by atoms with Gasteiger partial charge in [-0.3, -0.25) is 5.21 Å². The Hall–Kier alpha value is -3.12. The number of aryl methyl sites for hydroxylation is 1. The molecule has 0 unspecified atom stereocenters. The van der Waals surface area contributed by atoms with Gasteiger partial charge in [-0.25, -0.2) is 14.8 Å². The summed E-state index contributed by atoms with van der Waals surface area (Å²) < 4.78 is 6.33. The van der Waals surface area contributed by atoms with Gasteiger partial charge in [0, 0.05) is 30.1 Å². The Kier molecular flexibility index (Phi) is 6.09. The second-order valence-corrected chi connectivity index (χ2v) is 8.44. The van der Waals surface area contributed by atoms with Gasteiger partial charge in [0.1, 0.15) is 5.69 Å². The molecular formula is C25H29N3O3. The van der Waals surface area contributed by atoms with Crippen LogP contribution in [0.3, 0.4) is 0 Å². The van der Waals surface area contributed by atoms with Crippen LogP contribution in [-0.4, -0.2) is 45.3 Å². The van der Waals surface area contributed by atoms with Crippen molar-refractivity contribution in [3.63, 3.8) is 0 Å². The third-order valence-electron chi connectivity index (χ3n) is 5.80. The van der Waals surface area contributed by atoms with Crippen molar-refractivity contribution in [3.8, 4) is 22.6 Å². The van der Waals surface area contributed by atoms with Crippen molar-refractivity contribution >= 4 is 6.03 Å². The molecular weight excluding hydrogens is 390 g/mol. The van der Waals surface area contributed by atoms with Crippen LogP contribution in [0.2, 0.25) is 0 Å². The van der Waals surface area contributed by atoms with Gasteiger partial charge in [0.25, 0.3) is 0 Å². The molecule has 0 saturated carbocycles. The lowest BCUT2D eigenvalue weighted by molar-refractivity contribution is -0.0815. The second kappa shape index (κ2) is 8.94. The molecule has 6 heteroatoms. The number of carbonyl (C=O) groups excluding carboxylic acids is 1. The Morgan fingerprint density at radius 2 is 1.71 bits per heavy atom. The third kappa shape index (κ3) is 4.49. The van der Waals surface area contributed by atoms with Crippen LogP contribution in [-0.2, 0) is 0 Å². The molecule has 1 aromatic heterocycles. The van der Waals surface area contributed by atoms with Crippen molar-refractivity contribution in [2.45, 2.75) is 45.6 Å². The van der Waals surface area contributed by atoms with Gasteiger partial charge >= 0.3 is 6.03 Å². The van der Waals surface area contributed by atoms with E-state index in [-0.39, 0.29) is 18.0 Å². The van der Waals surface area contributed by atoms with Gasteiger partial charge in [0.15, 0.2) is 11.7 Å². The lowest BCUT2D eigenvalue weighted by Gasteiger charge is -2.33. The molecule has 1 aliphatic heterocycles. The lowest BCUT2D eigenvalue weighted by Crippen LogP contribution is -2.47. The Morgan fingerprint density at radius 3 is 2.32 bits per heavy atom. The number of nitrogens with zero attached hydrogens (tertiary/aromatic N) is 3. The molecule has 2 aromatic carbocycles. The number of hydroxylamine groups is 2. The Bertz CT molecular complexity index is 1020. The quantitative estimate of drug-likeness (QED) is 0.434. The van der Waals surface area contributed by atoms with Crippen LogP contribution in [0.4, 0.5) is 4.79 Å². The van der Waals surface area contributed by atoms with Gasteiger partial charge < -0.3 is 9.32 Å². The molecule has 6 nitrogen and oxygen atoms in total. The molecule has 31 heavy (non-hydrogen) atoms. The van der Waals surface area contributed by atoms with Crippen LogP contribution in [0.1, 0.15) is 44.1 Å². The molecule has 162 valence electrons. The molecule has 0 atom stereocenters. The number of hydrogen-bond acceptors (Lipinski definition) is 4. The average Bonchev–Trinajstić information content (AvgIpc) is 3.24. The number of likely N-dealkylation sites (tertiary alicyclic amines) is 1. The SMILES string of the molecule is Cc1ccc(-c2nc(C3CCN(C(=O)N(O)C(C)C)CC3)oc2-c2ccccc2)cc1. The summed E-state index contributed by atoms with van der Waals surface area (Å²) in [5.41, 5.74) is 4.07. The van der Waals surface area contributed by atoms with Crippen molar-refractivity contribution < 1.29 is 14.4 Å². The first-order valence-electron chi connectivity index (χ1n) is 10.8. The Labute approximate surface area is 183 Å². The highest BCUT2D eigenvalue weighted by atomic mass is 16.5. The number of aromatic nitrogens is 1. The maximum absolute atomic E-state index is 12.4. The molecule has 0 bridgehead atoms. The molecule has 1 saturated heterocycles. The number of urea groups is 1. The van der Waals surface area contributed by atoms with Gasteiger partial charge in [-0.1, -0.05) is 60.2 Å². The molecule has 4 rings (SSSR count). The molecule has 1 fully saturated rings. The topological polar surface area (TPSA) is 69.8 Å². The van der Waals surface area contributed by atoms with E-state index in [0.29, 0.717) is 19.0 Å².